The van der Waals surface area contributed by atoms with Gasteiger partial charge in [0.05, 0.1) is 15.1 Å². The molecule has 0 saturated carbocycles. The van der Waals surface area contributed by atoms with Crippen molar-refractivity contribution in [1.82, 2.24) is 9.80 Å². The lowest BCUT2D eigenvalue weighted by Gasteiger charge is -2.30. The van der Waals surface area contributed by atoms with E-state index in [1.54, 1.807) is 0 Å². The summed E-state index contributed by atoms with van der Waals surface area (Å²) in [4.78, 5) is 37.3. The summed E-state index contributed by atoms with van der Waals surface area (Å²) >= 11 is 8.86. The molecule has 1 aromatic carbocycles. The van der Waals surface area contributed by atoms with Gasteiger partial charge in [-0.05, 0) is 28.1 Å². The molecule has 0 aliphatic carbocycles. The molecule has 0 N–H and O–H groups in total. The molecule has 0 atom stereocenters. The van der Waals surface area contributed by atoms with Crippen molar-refractivity contribution in [2.45, 2.75) is 0 Å². The summed E-state index contributed by atoms with van der Waals surface area (Å²) in [5, 5.41) is 0.168. The van der Waals surface area contributed by atoms with Gasteiger partial charge in [0.25, 0.3) is 5.91 Å². The molecule has 1 aliphatic rings. The Hall–Kier alpha value is -1.47. The maximum Gasteiger partial charge on any atom is 0.258 e. The second kappa shape index (κ2) is 5.49. The van der Waals surface area contributed by atoms with Crippen LogP contribution in [0, 0.1) is 5.82 Å². The minimum absolute atomic E-state index is 0.1000. The highest BCUT2D eigenvalue weighted by Gasteiger charge is 2.33. The van der Waals surface area contributed by atoms with Crippen LogP contribution in [0.25, 0.3) is 0 Å². The molecule has 0 radical (unpaired) electrons. The number of hydrogen-bond donors (Lipinski definition) is 0. The fourth-order valence-corrected chi connectivity index (χ4v) is 2.41. The fourth-order valence-electron chi connectivity index (χ4n) is 1.76. The number of amides is 3. The first-order chi connectivity index (χ1) is 9.32. The van der Waals surface area contributed by atoms with Gasteiger partial charge in [-0.2, -0.15) is 0 Å². The lowest BCUT2D eigenvalue weighted by atomic mass is 10.1. The Balaban J connectivity index is 2.36. The first-order valence-corrected chi connectivity index (χ1v) is 6.72. The summed E-state index contributed by atoms with van der Waals surface area (Å²) in [7, 11) is 1.34. The standard InChI is InChI=1S/C12H9BrClFN2O3/c1-16-8(18)4-17(5-9(16)19)12(20)10-7(15)3-2-6(14)11(10)13/h2-3H,4-5H2,1H3. The molecule has 1 aromatic rings. The van der Waals surface area contributed by atoms with Gasteiger partial charge in [0, 0.05) is 7.05 Å². The van der Waals surface area contributed by atoms with E-state index < -0.39 is 23.5 Å². The molecule has 8 heteroatoms. The number of imide groups is 1. The second-order valence-electron chi connectivity index (χ2n) is 4.23. The summed E-state index contributed by atoms with van der Waals surface area (Å²) < 4.78 is 13.9. The maximum absolute atomic E-state index is 13.8. The van der Waals surface area contributed by atoms with Crippen molar-refractivity contribution >= 4 is 45.3 Å². The molecule has 106 valence electrons. The van der Waals surface area contributed by atoms with Gasteiger partial charge in [0.1, 0.15) is 18.9 Å². The van der Waals surface area contributed by atoms with Crippen molar-refractivity contribution < 1.29 is 18.8 Å². The first-order valence-electron chi connectivity index (χ1n) is 5.55. The Morgan fingerprint density at radius 3 is 2.40 bits per heavy atom. The van der Waals surface area contributed by atoms with Gasteiger partial charge >= 0.3 is 0 Å². The fraction of sp³-hybridized carbons (Fsp3) is 0.250. The van der Waals surface area contributed by atoms with Crippen molar-refractivity contribution in [3.05, 3.63) is 33.0 Å². The molecule has 1 heterocycles. The number of rotatable bonds is 1. The predicted molar refractivity (Wildman–Crippen MR) is 72.8 cm³/mol. The van der Waals surface area contributed by atoms with Gasteiger partial charge in [0.2, 0.25) is 11.8 Å². The Morgan fingerprint density at radius 2 is 1.85 bits per heavy atom. The minimum Gasteiger partial charge on any atom is -0.320 e. The molecule has 0 aromatic heterocycles. The molecule has 0 spiro atoms. The molecular weight excluding hydrogens is 354 g/mol. The normalized spacial score (nSPS) is 15.8. The molecular formula is C12H9BrClFN2O3. The van der Waals surface area contributed by atoms with Gasteiger partial charge in [-0.15, -0.1) is 0 Å². The Labute approximate surface area is 127 Å². The zero-order valence-electron chi connectivity index (χ0n) is 10.3. The number of carbonyl (C=O) groups excluding carboxylic acids is 3. The van der Waals surface area contributed by atoms with Crippen LogP contribution < -0.4 is 0 Å². The molecule has 1 aliphatic heterocycles. The van der Waals surface area contributed by atoms with E-state index in [-0.39, 0.29) is 28.1 Å². The highest BCUT2D eigenvalue weighted by atomic mass is 79.9. The smallest absolute Gasteiger partial charge is 0.258 e. The average Bonchev–Trinajstić information content (AvgIpc) is 2.40. The number of halogens is 3. The average molecular weight is 364 g/mol. The lowest BCUT2D eigenvalue weighted by Crippen LogP contribution is -2.54. The van der Waals surface area contributed by atoms with E-state index in [2.05, 4.69) is 15.9 Å². The van der Waals surface area contributed by atoms with Gasteiger partial charge in [0.15, 0.2) is 0 Å². The molecule has 0 unspecified atom stereocenters. The molecule has 3 amide bonds. The second-order valence-corrected chi connectivity index (χ2v) is 5.43. The van der Waals surface area contributed by atoms with Crippen LogP contribution in [0.5, 0.6) is 0 Å². The van der Waals surface area contributed by atoms with Gasteiger partial charge in [-0.3, -0.25) is 19.3 Å². The molecule has 0 bridgehead atoms. The van der Waals surface area contributed by atoms with E-state index in [0.29, 0.717) is 0 Å². The molecule has 1 fully saturated rings. The third-order valence-corrected chi connectivity index (χ3v) is 4.31. The summed E-state index contributed by atoms with van der Waals surface area (Å²) in [5.41, 5.74) is -0.289. The third kappa shape index (κ3) is 2.55. The monoisotopic (exact) mass is 362 g/mol. The van der Waals surface area contributed by atoms with Crippen molar-refractivity contribution in [3.8, 4) is 0 Å². The minimum atomic E-state index is -0.773. The van der Waals surface area contributed by atoms with Crippen molar-refractivity contribution in [3.63, 3.8) is 0 Å². The first kappa shape index (κ1) is 14.9. The topological polar surface area (TPSA) is 57.7 Å². The van der Waals surface area contributed by atoms with E-state index in [1.165, 1.54) is 13.1 Å². The van der Waals surface area contributed by atoms with Crippen LogP contribution in [0.4, 0.5) is 4.39 Å². The van der Waals surface area contributed by atoms with Gasteiger partial charge in [-0.1, -0.05) is 11.6 Å². The molecule has 5 nitrogen and oxygen atoms in total. The highest BCUT2D eigenvalue weighted by molar-refractivity contribution is 9.10. The summed E-state index contributed by atoms with van der Waals surface area (Å²) in [6, 6.07) is 2.36. The van der Waals surface area contributed by atoms with E-state index in [9.17, 15) is 18.8 Å². The van der Waals surface area contributed by atoms with E-state index in [1.807, 2.05) is 0 Å². The highest BCUT2D eigenvalue weighted by Crippen LogP contribution is 2.29. The SMILES string of the molecule is CN1C(=O)CN(C(=O)c2c(F)ccc(Cl)c2Br)CC1=O. The van der Waals surface area contributed by atoms with E-state index in [0.717, 1.165) is 15.9 Å². The Kier molecular flexibility index (Phi) is 4.10. The predicted octanol–water partition coefficient (Wildman–Crippen LogP) is 1.68. The van der Waals surface area contributed by atoms with Crippen molar-refractivity contribution in [2.24, 2.45) is 0 Å². The van der Waals surface area contributed by atoms with Crippen LogP contribution in [0.15, 0.2) is 16.6 Å². The van der Waals surface area contributed by atoms with Crippen LogP contribution in [0.1, 0.15) is 10.4 Å². The lowest BCUT2D eigenvalue weighted by molar-refractivity contribution is -0.148. The largest absolute Gasteiger partial charge is 0.320 e. The zero-order valence-corrected chi connectivity index (χ0v) is 12.7. The maximum atomic E-state index is 13.8. The summed E-state index contributed by atoms with van der Waals surface area (Å²) in [6.45, 7) is -0.557. The Morgan fingerprint density at radius 1 is 1.30 bits per heavy atom. The van der Waals surface area contributed by atoms with Crippen LogP contribution in [-0.4, -0.2) is 47.7 Å². The van der Waals surface area contributed by atoms with Crippen LogP contribution in [-0.2, 0) is 9.59 Å². The number of piperazine rings is 1. The summed E-state index contributed by atoms with van der Waals surface area (Å²) in [6.07, 6.45) is 0. The molecule has 1 saturated heterocycles. The Bertz CT molecular complexity index is 605. The van der Waals surface area contributed by atoms with Gasteiger partial charge in [-0.25, -0.2) is 4.39 Å². The number of nitrogens with zero attached hydrogens (tertiary/aromatic N) is 2. The molecule has 20 heavy (non-hydrogen) atoms. The summed E-state index contributed by atoms with van der Waals surface area (Å²) in [5.74, 6) is -2.57. The molecule has 2 rings (SSSR count). The number of hydrogen-bond acceptors (Lipinski definition) is 3. The number of benzene rings is 1. The van der Waals surface area contributed by atoms with Crippen LogP contribution >= 0.6 is 27.5 Å². The quantitative estimate of drug-likeness (QED) is 0.563. The zero-order chi connectivity index (χ0) is 15.0. The van der Waals surface area contributed by atoms with Crippen molar-refractivity contribution in [2.75, 3.05) is 20.1 Å². The third-order valence-electron chi connectivity index (χ3n) is 2.95. The number of carbonyl (C=O) groups is 3. The van der Waals surface area contributed by atoms with E-state index in [4.69, 9.17) is 11.6 Å². The van der Waals surface area contributed by atoms with Crippen molar-refractivity contribution in [1.29, 1.82) is 0 Å². The van der Waals surface area contributed by atoms with Crippen LogP contribution in [0.3, 0.4) is 0 Å². The van der Waals surface area contributed by atoms with E-state index >= 15 is 0 Å². The van der Waals surface area contributed by atoms with Gasteiger partial charge < -0.3 is 4.90 Å². The van der Waals surface area contributed by atoms with Crippen LogP contribution in [0.2, 0.25) is 5.02 Å². The number of likely N-dealkylation sites (N-methyl/N-ethyl adjacent to an activating group) is 1.